The average Bonchev–Trinajstić information content (AvgIpc) is 2.37. The number of methoxy groups -OCH3 is 2. The summed E-state index contributed by atoms with van der Waals surface area (Å²) in [6.45, 7) is 7.38. The third kappa shape index (κ3) is 5.01. The van der Waals surface area contributed by atoms with E-state index in [9.17, 15) is 0 Å². The fraction of sp³-hybridized carbons (Fsp3) is 0.500. The summed E-state index contributed by atoms with van der Waals surface area (Å²) in [5, 5.41) is 3.03. The Bertz CT molecular complexity index is 374. The van der Waals surface area contributed by atoms with E-state index in [2.05, 4.69) is 21.9 Å². The lowest BCUT2D eigenvalue weighted by molar-refractivity contribution is 0.167. The van der Waals surface area contributed by atoms with Gasteiger partial charge >= 0.3 is 0 Å². The molecule has 6 nitrogen and oxygen atoms in total. The van der Waals surface area contributed by atoms with Crippen LogP contribution in [-0.2, 0) is 4.74 Å². The van der Waals surface area contributed by atoms with E-state index in [0.717, 1.165) is 5.57 Å². The lowest BCUT2D eigenvalue weighted by atomic mass is 10.4. The fourth-order valence-corrected chi connectivity index (χ4v) is 1.17. The second-order valence-electron chi connectivity index (χ2n) is 3.71. The van der Waals surface area contributed by atoms with Crippen LogP contribution >= 0.6 is 0 Å². The Morgan fingerprint density at radius 2 is 1.89 bits per heavy atom. The summed E-state index contributed by atoms with van der Waals surface area (Å²) in [7, 11) is 3.09. The van der Waals surface area contributed by atoms with Gasteiger partial charge in [0.15, 0.2) is 0 Å². The molecule has 18 heavy (non-hydrogen) atoms. The van der Waals surface area contributed by atoms with E-state index in [1.807, 2.05) is 6.92 Å². The molecule has 0 amide bonds. The number of nitrogens with one attached hydrogen (secondary N) is 1. The van der Waals surface area contributed by atoms with Crippen LogP contribution in [0.25, 0.3) is 0 Å². The number of anilines is 1. The first-order valence-electron chi connectivity index (χ1n) is 5.58. The van der Waals surface area contributed by atoms with Crippen LogP contribution in [0.5, 0.6) is 11.8 Å². The van der Waals surface area contributed by atoms with Crippen molar-refractivity contribution in [2.45, 2.75) is 6.92 Å². The van der Waals surface area contributed by atoms with Crippen LogP contribution < -0.4 is 14.8 Å². The summed E-state index contributed by atoms with van der Waals surface area (Å²) in [6.07, 6.45) is 0. The van der Waals surface area contributed by atoms with Crippen LogP contribution in [0, 0.1) is 0 Å². The summed E-state index contributed by atoms with van der Waals surface area (Å²) in [5.74, 6) is 1.35. The Labute approximate surface area is 107 Å². The van der Waals surface area contributed by atoms with E-state index in [0.29, 0.717) is 37.5 Å². The number of hydrogen-bond acceptors (Lipinski definition) is 6. The first kappa shape index (κ1) is 14.2. The van der Waals surface area contributed by atoms with Gasteiger partial charge in [0.05, 0.1) is 33.5 Å². The molecule has 100 valence electrons. The van der Waals surface area contributed by atoms with Crippen molar-refractivity contribution in [3.63, 3.8) is 0 Å². The lowest BCUT2D eigenvalue weighted by Gasteiger charge is -2.08. The van der Waals surface area contributed by atoms with E-state index >= 15 is 0 Å². The summed E-state index contributed by atoms with van der Waals surface area (Å²) in [4.78, 5) is 8.27. The van der Waals surface area contributed by atoms with Crippen LogP contribution in [-0.4, -0.2) is 43.9 Å². The first-order valence-corrected chi connectivity index (χ1v) is 5.58. The Hall–Kier alpha value is -1.82. The van der Waals surface area contributed by atoms with Gasteiger partial charge in [-0.15, -0.1) is 0 Å². The molecule has 0 unspecified atom stereocenters. The van der Waals surface area contributed by atoms with Gasteiger partial charge in [-0.25, -0.2) is 0 Å². The average molecular weight is 253 g/mol. The highest BCUT2D eigenvalue weighted by molar-refractivity contribution is 5.33. The minimum atomic E-state index is 0.449. The van der Waals surface area contributed by atoms with E-state index in [-0.39, 0.29) is 0 Å². The van der Waals surface area contributed by atoms with E-state index in [1.54, 1.807) is 20.3 Å². The number of aromatic nitrogens is 2. The first-order chi connectivity index (χ1) is 8.65. The van der Waals surface area contributed by atoms with Crippen molar-refractivity contribution in [2.24, 2.45) is 0 Å². The van der Waals surface area contributed by atoms with Gasteiger partial charge < -0.3 is 19.5 Å². The molecule has 1 rings (SSSR count). The monoisotopic (exact) mass is 253 g/mol. The zero-order chi connectivity index (χ0) is 13.4. The highest BCUT2D eigenvalue weighted by atomic mass is 16.5. The highest BCUT2D eigenvalue weighted by Gasteiger charge is 2.04. The maximum Gasteiger partial charge on any atom is 0.229 e. The van der Waals surface area contributed by atoms with Crippen molar-refractivity contribution in [1.82, 2.24) is 9.97 Å². The van der Waals surface area contributed by atoms with E-state index in [1.165, 1.54) is 0 Å². The Morgan fingerprint density at radius 3 is 2.39 bits per heavy atom. The molecule has 1 aromatic heterocycles. The van der Waals surface area contributed by atoms with Crippen molar-refractivity contribution in [3.05, 3.63) is 18.2 Å². The van der Waals surface area contributed by atoms with Crippen LogP contribution in [0.1, 0.15) is 6.92 Å². The molecule has 0 spiro atoms. The molecule has 0 aliphatic heterocycles. The molecule has 0 radical (unpaired) electrons. The Morgan fingerprint density at radius 1 is 1.28 bits per heavy atom. The van der Waals surface area contributed by atoms with Crippen LogP contribution in [0.15, 0.2) is 18.2 Å². The predicted octanol–water partition coefficient (Wildman–Crippen LogP) is 1.50. The van der Waals surface area contributed by atoms with Crippen LogP contribution in [0.2, 0.25) is 0 Å². The van der Waals surface area contributed by atoms with Gasteiger partial charge in [-0.3, -0.25) is 0 Å². The quantitative estimate of drug-likeness (QED) is 0.559. The Balaban J connectivity index is 2.43. The molecule has 1 heterocycles. The maximum absolute atomic E-state index is 5.35. The molecule has 0 bridgehead atoms. The van der Waals surface area contributed by atoms with Gasteiger partial charge in [0.25, 0.3) is 0 Å². The third-order valence-corrected chi connectivity index (χ3v) is 1.98. The van der Waals surface area contributed by atoms with Crippen molar-refractivity contribution in [2.75, 3.05) is 39.3 Å². The van der Waals surface area contributed by atoms with Crippen LogP contribution in [0.3, 0.4) is 0 Å². The van der Waals surface area contributed by atoms with E-state index < -0.39 is 0 Å². The second-order valence-corrected chi connectivity index (χ2v) is 3.71. The van der Waals surface area contributed by atoms with Gasteiger partial charge in [-0.1, -0.05) is 12.2 Å². The van der Waals surface area contributed by atoms with Gasteiger partial charge in [0.1, 0.15) is 0 Å². The molecule has 0 aliphatic carbocycles. The SMILES string of the molecule is C=C(C)COCCNc1nc(OC)cc(OC)n1. The molecule has 0 aliphatic rings. The second kappa shape index (κ2) is 7.50. The molecule has 6 heteroatoms. The molecule has 0 saturated carbocycles. The van der Waals surface area contributed by atoms with Gasteiger partial charge in [0.2, 0.25) is 17.7 Å². The standard InChI is InChI=1S/C12H19N3O3/c1-9(2)8-18-6-5-13-12-14-10(16-3)7-11(15-12)17-4/h7H,1,5-6,8H2,2-4H3,(H,13,14,15). The van der Waals surface area contributed by atoms with Crippen LogP contribution in [0.4, 0.5) is 5.95 Å². The number of rotatable bonds is 8. The van der Waals surface area contributed by atoms with Gasteiger partial charge in [0, 0.05) is 6.54 Å². The lowest BCUT2D eigenvalue weighted by Crippen LogP contribution is -2.12. The summed E-state index contributed by atoms with van der Waals surface area (Å²) in [6, 6.07) is 1.61. The molecule has 0 saturated heterocycles. The number of nitrogens with zero attached hydrogens (tertiary/aromatic N) is 2. The molecule has 0 aromatic carbocycles. The van der Waals surface area contributed by atoms with Crippen molar-refractivity contribution >= 4 is 5.95 Å². The molecule has 1 aromatic rings. The smallest absolute Gasteiger partial charge is 0.229 e. The Kier molecular flexibility index (Phi) is 5.93. The summed E-state index contributed by atoms with van der Waals surface area (Å²) >= 11 is 0. The van der Waals surface area contributed by atoms with Crippen molar-refractivity contribution in [1.29, 1.82) is 0 Å². The normalized spacial score (nSPS) is 9.94. The topological polar surface area (TPSA) is 65.5 Å². The molecule has 0 atom stereocenters. The largest absolute Gasteiger partial charge is 0.481 e. The zero-order valence-corrected chi connectivity index (χ0v) is 11.0. The number of hydrogen-bond donors (Lipinski definition) is 1. The molecular formula is C12H19N3O3. The number of ether oxygens (including phenoxy) is 3. The summed E-state index contributed by atoms with van der Waals surface area (Å²) in [5.41, 5.74) is 0.995. The highest BCUT2D eigenvalue weighted by Crippen LogP contribution is 2.16. The zero-order valence-electron chi connectivity index (χ0n) is 11.0. The fourth-order valence-electron chi connectivity index (χ4n) is 1.17. The van der Waals surface area contributed by atoms with Crippen molar-refractivity contribution < 1.29 is 14.2 Å². The summed E-state index contributed by atoms with van der Waals surface area (Å²) < 4.78 is 15.4. The maximum atomic E-state index is 5.35. The molecule has 0 fully saturated rings. The minimum absolute atomic E-state index is 0.449. The molecular weight excluding hydrogens is 234 g/mol. The predicted molar refractivity (Wildman–Crippen MR) is 69.3 cm³/mol. The molecule has 1 N–H and O–H groups in total. The van der Waals surface area contributed by atoms with E-state index in [4.69, 9.17) is 14.2 Å². The minimum Gasteiger partial charge on any atom is -0.481 e. The van der Waals surface area contributed by atoms with Gasteiger partial charge in [-0.05, 0) is 6.92 Å². The third-order valence-electron chi connectivity index (χ3n) is 1.98. The van der Waals surface area contributed by atoms with Gasteiger partial charge in [-0.2, -0.15) is 9.97 Å². The van der Waals surface area contributed by atoms with Crippen molar-refractivity contribution in [3.8, 4) is 11.8 Å².